The highest BCUT2D eigenvalue weighted by Crippen LogP contribution is 2.36. The zero-order valence-electron chi connectivity index (χ0n) is 10.1. The summed E-state index contributed by atoms with van der Waals surface area (Å²) in [6.45, 7) is 1.90. The van der Waals surface area contributed by atoms with Crippen molar-refractivity contribution in [2.24, 2.45) is 0 Å². The Morgan fingerprint density at radius 2 is 2.21 bits per heavy atom. The van der Waals surface area contributed by atoms with Crippen molar-refractivity contribution in [3.63, 3.8) is 0 Å². The van der Waals surface area contributed by atoms with Gasteiger partial charge in [0, 0.05) is 11.6 Å². The molecule has 0 spiro atoms. The van der Waals surface area contributed by atoms with E-state index in [1.165, 1.54) is 6.07 Å². The lowest BCUT2D eigenvalue weighted by molar-refractivity contribution is -0.115. The monoisotopic (exact) mass is 258 g/mol. The molecule has 1 aliphatic rings. The maximum absolute atomic E-state index is 11.5. The molecule has 0 radical (unpaired) electrons. The molecule has 96 valence electrons. The summed E-state index contributed by atoms with van der Waals surface area (Å²) in [5, 5.41) is 15.1. The number of nitrogens with one attached hydrogen (secondary N) is 1. The molecule has 1 aliphatic heterocycles. The smallest absolute Gasteiger partial charge is 0.358 e. The van der Waals surface area contributed by atoms with E-state index in [-0.39, 0.29) is 11.6 Å². The van der Waals surface area contributed by atoms with E-state index in [1.807, 2.05) is 19.1 Å². The number of nitrogens with zero attached hydrogens (tertiary/aromatic N) is 1. The Kier molecular flexibility index (Phi) is 2.38. The number of rotatable bonds is 2. The molecule has 0 fully saturated rings. The Balaban J connectivity index is 2.15. The molecule has 1 amide bonds. The maximum Gasteiger partial charge on any atom is 0.358 e. The Morgan fingerprint density at radius 3 is 2.89 bits per heavy atom. The van der Waals surface area contributed by atoms with Gasteiger partial charge in [-0.3, -0.25) is 4.79 Å². The third kappa shape index (κ3) is 1.87. The zero-order chi connectivity index (χ0) is 13.6. The lowest BCUT2D eigenvalue weighted by Crippen LogP contribution is -2.04. The molecule has 2 heterocycles. The maximum atomic E-state index is 11.5. The molecule has 1 aromatic heterocycles. The van der Waals surface area contributed by atoms with Gasteiger partial charge >= 0.3 is 5.97 Å². The fourth-order valence-corrected chi connectivity index (χ4v) is 2.20. The minimum Gasteiger partial charge on any atom is -0.476 e. The minimum absolute atomic E-state index is 0.0835. The molecule has 0 atom stereocenters. The van der Waals surface area contributed by atoms with Crippen molar-refractivity contribution in [1.82, 2.24) is 5.16 Å². The van der Waals surface area contributed by atoms with Crippen molar-refractivity contribution in [2.45, 2.75) is 13.3 Å². The van der Waals surface area contributed by atoms with Gasteiger partial charge in [0.25, 0.3) is 0 Å². The SMILES string of the molecule is Cc1cc2c(c(-c3cc(C(=O)O)no3)c1)NC(=O)C2. The van der Waals surface area contributed by atoms with Crippen molar-refractivity contribution in [3.05, 3.63) is 35.0 Å². The number of hydrogen-bond donors (Lipinski definition) is 2. The normalized spacial score (nSPS) is 13.2. The first kappa shape index (κ1) is 11.5. The van der Waals surface area contributed by atoms with Crippen LogP contribution in [0.5, 0.6) is 0 Å². The number of carboxylic acids is 1. The van der Waals surface area contributed by atoms with Gasteiger partial charge in [0.1, 0.15) is 0 Å². The Hall–Kier alpha value is -2.63. The Bertz CT molecular complexity index is 703. The van der Waals surface area contributed by atoms with Crippen molar-refractivity contribution in [1.29, 1.82) is 0 Å². The second kappa shape index (κ2) is 3.94. The number of aryl methyl sites for hydroxylation is 1. The summed E-state index contributed by atoms with van der Waals surface area (Å²) < 4.78 is 5.05. The molecule has 0 bridgehead atoms. The van der Waals surface area contributed by atoms with Crippen molar-refractivity contribution >= 4 is 17.6 Å². The highest BCUT2D eigenvalue weighted by atomic mass is 16.5. The molecule has 19 heavy (non-hydrogen) atoms. The van der Waals surface area contributed by atoms with E-state index in [9.17, 15) is 9.59 Å². The second-order valence-electron chi connectivity index (χ2n) is 4.45. The van der Waals surface area contributed by atoms with Gasteiger partial charge in [0.15, 0.2) is 11.5 Å². The predicted octanol–water partition coefficient (Wildman–Crippen LogP) is 1.84. The van der Waals surface area contributed by atoms with Crippen LogP contribution < -0.4 is 5.32 Å². The van der Waals surface area contributed by atoms with Crippen molar-refractivity contribution < 1.29 is 19.2 Å². The summed E-state index contributed by atoms with van der Waals surface area (Å²) in [7, 11) is 0. The van der Waals surface area contributed by atoms with Crippen LogP contribution in [0.2, 0.25) is 0 Å². The van der Waals surface area contributed by atoms with Crippen LogP contribution in [0.4, 0.5) is 5.69 Å². The van der Waals surface area contributed by atoms with Gasteiger partial charge in [0.2, 0.25) is 5.91 Å². The molecule has 2 aromatic rings. The summed E-state index contributed by atoms with van der Waals surface area (Å²) in [6.07, 6.45) is 0.323. The van der Waals surface area contributed by atoms with E-state index >= 15 is 0 Å². The molecule has 3 rings (SSSR count). The second-order valence-corrected chi connectivity index (χ2v) is 4.45. The van der Waals surface area contributed by atoms with Crippen LogP contribution in [0, 0.1) is 6.92 Å². The Morgan fingerprint density at radius 1 is 1.42 bits per heavy atom. The average molecular weight is 258 g/mol. The van der Waals surface area contributed by atoms with E-state index in [2.05, 4.69) is 10.5 Å². The Labute approximate surface area is 108 Å². The fraction of sp³-hybridized carbons (Fsp3) is 0.154. The van der Waals surface area contributed by atoms with Crippen LogP contribution in [0.25, 0.3) is 11.3 Å². The largest absolute Gasteiger partial charge is 0.476 e. The summed E-state index contributed by atoms with van der Waals surface area (Å²) in [5.41, 5.74) is 3.02. The van der Waals surface area contributed by atoms with E-state index in [4.69, 9.17) is 9.63 Å². The number of aromatic carboxylic acids is 1. The minimum atomic E-state index is -1.15. The van der Waals surface area contributed by atoms with Crippen LogP contribution in [0.1, 0.15) is 21.6 Å². The molecular formula is C13H10N2O4. The van der Waals surface area contributed by atoms with E-state index in [1.54, 1.807) is 0 Å². The lowest BCUT2D eigenvalue weighted by Gasteiger charge is -2.06. The highest BCUT2D eigenvalue weighted by molar-refractivity contribution is 6.03. The number of anilines is 1. The van der Waals surface area contributed by atoms with Gasteiger partial charge in [-0.1, -0.05) is 11.2 Å². The summed E-state index contributed by atoms with van der Waals surface area (Å²) in [5.74, 6) is -0.900. The van der Waals surface area contributed by atoms with Gasteiger partial charge in [-0.25, -0.2) is 4.79 Å². The van der Waals surface area contributed by atoms with Crippen molar-refractivity contribution in [2.75, 3.05) is 5.32 Å². The summed E-state index contributed by atoms with van der Waals surface area (Å²) in [6, 6.07) is 5.10. The topological polar surface area (TPSA) is 92.4 Å². The molecule has 6 nitrogen and oxygen atoms in total. The molecule has 6 heteroatoms. The summed E-state index contributed by atoms with van der Waals surface area (Å²) in [4.78, 5) is 22.3. The van der Waals surface area contributed by atoms with E-state index < -0.39 is 5.97 Å². The fourth-order valence-electron chi connectivity index (χ4n) is 2.20. The number of benzene rings is 1. The number of aromatic nitrogens is 1. The number of carboxylic acid groups (broad SMARTS) is 1. The number of carbonyl (C=O) groups is 2. The molecule has 1 aromatic carbocycles. The number of amides is 1. The van der Waals surface area contributed by atoms with E-state index in [0.717, 1.165) is 11.1 Å². The number of fused-ring (bicyclic) bond motifs is 1. The highest BCUT2D eigenvalue weighted by Gasteiger charge is 2.24. The first-order valence-corrected chi connectivity index (χ1v) is 5.68. The molecule has 2 N–H and O–H groups in total. The molecule has 0 saturated carbocycles. The molecule has 0 unspecified atom stereocenters. The van der Waals surface area contributed by atoms with Crippen LogP contribution in [0.15, 0.2) is 22.7 Å². The van der Waals surface area contributed by atoms with Gasteiger partial charge in [0.05, 0.1) is 12.1 Å². The summed E-state index contributed by atoms with van der Waals surface area (Å²) >= 11 is 0. The first-order valence-electron chi connectivity index (χ1n) is 5.68. The third-order valence-corrected chi connectivity index (χ3v) is 2.97. The van der Waals surface area contributed by atoms with Gasteiger partial charge in [-0.2, -0.15) is 0 Å². The number of carbonyl (C=O) groups excluding carboxylic acids is 1. The quantitative estimate of drug-likeness (QED) is 0.857. The first-order chi connectivity index (χ1) is 9.04. The molecular weight excluding hydrogens is 248 g/mol. The van der Waals surface area contributed by atoms with Crippen LogP contribution in [-0.2, 0) is 11.2 Å². The average Bonchev–Trinajstić information content (AvgIpc) is 2.93. The van der Waals surface area contributed by atoms with Crippen molar-refractivity contribution in [3.8, 4) is 11.3 Å². The van der Waals surface area contributed by atoms with Crippen LogP contribution in [0.3, 0.4) is 0 Å². The predicted molar refractivity (Wildman–Crippen MR) is 66.0 cm³/mol. The van der Waals surface area contributed by atoms with Gasteiger partial charge < -0.3 is 14.9 Å². The molecule has 0 saturated heterocycles. The van der Waals surface area contributed by atoms with Crippen LogP contribution in [-0.4, -0.2) is 22.1 Å². The molecule has 0 aliphatic carbocycles. The zero-order valence-corrected chi connectivity index (χ0v) is 10.1. The van der Waals surface area contributed by atoms with Gasteiger partial charge in [-0.05, 0) is 24.1 Å². The lowest BCUT2D eigenvalue weighted by atomic mass is 10.0. The van der Waals surface area contributed by atoms with E-state index in [0.29, 0.717) is 23.4 Å². The van der Waals surface area contributed by atoms with Gasteiger partial charge in [-0.15, -0.1) is 0 Å². The van der Waals surface area contributed by atoms with Crippen LogP contribution >= 0.6 is 0 Å². The third-order valence-electron chi connectivity index (χ3n) is 2.97. The standard InChI is InChI=1S/C13H10N2O4/c1-6-2-7-4-11(16)14-12(7)8(3-6)10-5-9(13(17)18)15-19-10/h2-3,5H,4H2,1H3,(H,14,16)(H,17,18). The number of hydrogen-bond acceptors (Lipinski definition) is 4.